The van der Waals surface area contributed by atoms with E-state index in [1.807, 2.05) is 24.3 Å². The molecule has 34 heavy (non-hydrogen) atoms. The minimum atomic E-state index is -0.367. The summed E-state index contributed by atoms with van der Waals surface area (Å²) in [5, 5.41) is 4.41. The lowest BCUT2D eigenvalue weighted by atomic mass is 9.71. The largest absolute Gasteiger partial charge is 0.490 e. The van der Waals surface area contributed by atoms with E-state index in [1.54, 1.807) is 24.3 Å². The van der Waals surface area contributed by atoms with Crippen molar-refractivity contribution in [1.82, 2.24) is 0 Å². The summed E-state index contributed by atoms with van der Waals surface area (Å²) in [4.78, 5) is 34.3. The Labute approximate surface area is 195 Å². The number of nitrogens with zero attached hydrogens (tertiary/aromatic N) is 2. The molecule has 6 atom stereocenters. The Morgan fingerprint density at radius 1 is 1.00 bits per heavy atom. The smallest absolute Gasteiger partial charge is 0.238 e. The summed E-state index contributed by atoms with van der Waals surface area (Å²) >= 11 is 0. The highest BCUT2D eigenvalue weighted by Crippen LogP contribution is 2.62. The third-order valence-corrected chi connectivity index (χ3v) is 7.82. The summed E-state index contributed by atoms with van der Waals surface area (Å²) in [6.07, 6.45) is 2.33. The predicted octanol–water partition coefficient (Wildman–Crippen LogP) is 3.15. The molecular formula is C26H22N2O6. The maximum atomic E-state index is 13.6. The van der Waals surface area contributed by atoms with Gasteiger partial charge in [0.05, 0.1) is 23.2 Å². The van der Waals surface area contributed by atoms with Gasteiger partial charge in [0.1, 0.15) is 18.5 Å². The van der Waals surface area contributed by atoms with Gasteiger partial charge in [-0.05, 0) is 48.7 Å². The molecule has 3 heterocycles. The lowest BCUT2D eigenvalue weighted by Crippen LogP contribution is -2.41. The van der Waals surface area contributed by atoms with E-state index in [1.165, 1.54) is 4.90 Å². The summed E-state index contributed by atoms with van der Waals surface area (Å²) in [5.74, 6) is 0.907. The highest BCUT2D eigenvalue weighted by molar-refractivity contribution is 6.23. The number of hydrogen-bond acceptors (Lipinski definition) is 7. The van der Waals surface area contributed by atoms with Crippen LogP contribution in [0.1, 0.15) is 12.0 Å². The first kappa shape index (κ1) is 19.6. The highest BCUT2D eigenvalue weighted by atomic mass is 16.7. The SMILES string of the molecule is C=CCOc1ccc(C2=NOC3C4CC(C23)C2C(=O)N(c3ccc5c(c3)OCO5)C(=O)C42)cc1. The average Bonchev–Trinajstić information content (AvgIpc) is 3.65. The fourth-order valence-corrected chi connectivity index (χ4v) is 6.52. The molecule has 2 saturated carbocycles. The molecule has 2 aromatic carbocycles. The first-order valence-electron chi connectivity index (χ1n) is 11.5. The van der Waals surface area contributed by atoms with Crippen LogP contribution in [0.15, 0.2) is 60.3 Å². The number of benzene rings is 2. The number of ether oxygens (including phenoxy) is 3. The molecule has 2 aliphatic carbocycles. The van der Waals surface area contributed by atoms with E-state index in [2.05, 4.69) is 11.7 Å². The van der Waals surface area contributed by atoms with Crippen molar-refractivity contribution < 1.29 is 28.6 Å². The normalized spacial score (nSPS) is 31.9. The fraction of sp³-hybridized carbons (Fsp3) is 0.346. The zero-order valence-corrected chi connectivity index (χ0v) is 18.3. The second kappa shape index (κ2) is 7.09. The van der Waals surface area contributed by atoms with Crippen molar-refractivity contribution in [1.29, 1.82) is 0 Å². The van der Waals surface area contributed by atoms with E-state index in [4.69, 9.17) is 19.0 Å². The van der Waals surface area contributed by atoms with Crippen LogP contribution in [0.3, 0.4) is 0 Å². The summed E-state index contributed by atoms with van der Waals surface area (Å²) in [5.41, 5.74) is 2.34. The molecule has 1 saturated heterocycles. The Balaban J connectivity index is 1.17. The number of hydrogen-bond donors (Lipinski definition) is 0. The highest BCUT2D eigenvalue weighted by Gasteiger charge is 2.70. The van der Waals surface area contributed by atoms with E-state index in [0.717, 1.165) is 23.4 Å². The number of carbonyl (C=O) groups is 2. The molecule has 2 amide bonds. The van der Waals surface area contributed by atoms with Crippen LogP contribution in [0.2, 0.25) is 0 Å². The number of amides is 2. The molecule has 7 rings (SSSR count). The van der Waals surface area contributed by atoms with Crippen LogP contribution >= 0.6 is 0 Å². The van der Waals surface area contributed by atoms with Crippen molar-refractivity contribution >= 4 is 23.2 Å². The van der Waals surface area contributed by atoms with Gasteiger partial charge in [0.2, 0.25) is 18.6 Å². The first-order chi connectivity index (χ1) is 16.7. The standard InChI is InChI=1S/C26H22N2O6/c1-2-9-31-15-6-3-13(4-7-15)23-22-16-11-17(24(22)34-27-23)21-20(16)25(29)28(26(21)30)14-5-8-18-19(10-14)33-12-32-18/h2-8,10,16-17,20-22,24H,1,9,11-12H2. The van der Waals surface area contributed by atoms with Crippen molar-refractivity contribution in [2.24, 2.45) is 34.7 Å². The quantitative estimate of drug-likeness (QED) is 0.505. The first-order valence-corrected chi connectivity index (χ1v) is 11.5. The van der Waals surface area contributed by atoms with Gasteiger partial charge in [0.25, 0.3) is 0 Å². The molecule has 0 radical (unpaired) electrons. The maximum Gasteiger partial charge on any atom is 0.238 e. The number of anilines is 1. The lowest BCUT2D eigenvalue weighted by molar-refractivity contribution is -0.125. The van der Waals surface area contributed by atoms with Gasteiger partial charge >= 0.3 is 0 Å². The average molecular weight is 458 g/mol. The fourth-order valence-electron chi connectivity index (χ4n) is 6.52. The molecule has 5 aliphatic rings. The van der Waals surface area contributed by atoms with Crippen LogP contribution in [0.25, 0.3) is 0 Å². The molecule has 8 heteroatoms. The molecule has 2 bridgehead atoms. The second-order valence-corrected chi connectivity index (χ2v) is 9.36. The molecule has 8 nitrogen and oxygen atoms in total. The Kier molecular flexibility index (Phi) is 4.10. The van der Waals surface area contributed by atoms with Crippen LogP contribution in [0, 0.1) is 29.6 Å². The van der Waals surface area contributed by atoms with E-state index < -0.39 is 0 Å². The van der Waals surface area contributed by atoms with Crippen LogP contribution in [-0.2, 0) is 14.4 Å². The minimum Gasteiger partial charge on any atom is -0.490 e. The Morgan fingerprint density at radius 2 is 1.76 bits per heavy atom. The third kappa shape index (κ3) is 2.56. The molecule has 3 aliphatic heterocycles. The van der Waals surface area contributed by atoms with Crippen LogP contribution in [0.4, 0.5) is 5.69 Å². The van der Waals surface area contributed by atoms with Crippen LogP contribution < -0.4 is 19.1 Å². The van der Waals surface area contributed by atoms with Crippen molar-refractivity contribution in [3.8, 4) is 17.2 Å². The zero-order valence-electron chi connectivity index (χ0n) is 18.3. The molecule has 0 aromatic heterocycles. The molecule has 2 aromatic rings. The van der Waals surface area contributed by atoms with Crippen LogP contribution in [0.5, 0.6) is 17.2 Å². The summed E-state index contributed by atoms with van der Waals surface area (Å²) in [6.45, 7) is 4.25. The van der Waals surface area contributed by atoms with Crippen molar-refractivity contribution in [2.45, 2.75) is 12.5 Å². The minimum absolute atomic E-state index is 0.000326. The molecule has 172 valence electrons. The number of imide groups is 1. The summed E-state index contributed by atoms with van der Waals surface area (Å²) < 4.78 is 16.4. The molecule has 6 unspecified atom stereocenters. The topological polar surface area (TPSA) is 86.7 Å². The summed E-state index contributed by atoms with van der Waals surface area (Å²) in [6, 6.07) is 12.9. The van der Waals surface area contributed by atoms with Crippen molar-refractivity contribution in [3.05, 3.63) is 60.7 Å². The van der Waals surface area contributed by atoms with E-state index in [0.29, 0.717) is 23.8 Å². The van der Waals surface area contributed by atoms with Crippen LogP contribution in [-0.4, -0.2) is 37.0 Å². The predicted molar refractivity (Wildman–Crippen MR) is 121 cm³/mol. The Morgan fingerprint density at radius 3 is 2.56 bits per heavy atom. The van der Waals surface area contributed by atoms with Gasteiger partial charge < -0.3 is 19.0 Å². The Hall–Kier alpha value is -3.81. The van der Waals surface area contributed by atoms with Gasteiger partial charge in [-0.15, -0.1) is 0 Å². The molecule has 3 fully saturated rings. The maximum absolute atomic E-state index is 13.6. The third-order valence-electron chi connectivity index (χ3n) is 7.82. The van der Waals surface area contributed by atoms with Gasteiger partial charge in [0.15, 0.2) is 11.5 Å². The molecule has 0 spiro atoms. The van der Waals surface area contributed by atoms with Crippen molar-refractivity contribution in [3.63, 3.8) is 0 Å². The van der Waals surface area contributed by atoms with Gasteiger partial charge in [-0.3, -0.25) is 9.59 Å². The van der Waals surface area contributed by atoms with E-state index in [-0.39, 0.29) is 54.3 Å². The van der Waals surface area contributed by atoms with Gasteiger partial charge in [-0.1, -0.05) is 17.8 Å². The van der Waals surface area contributed by atoms with Crippen molar-refractivity contribution in [2.75, 3.05) is 18.3 Å². The lowest BCUT2D eigenvalue weighted by Gasteiger charge is -2.29. The van der Waals surface area contributed by atoms with Gasteiger partial charge in [-0.2, -0.15) is 0 Å². The van der Waals surface area contributed by atoms with Gasteiger partial charge in [-0.25, -0.2) is 4.90 Å². The van der Waals surface area contributed by atoms with Gasteiger partial charge in [0, 0.05) is 23.5 Å². The van der Waals surface area contributed by atoms with E-state index in [9.17, 15) is 9.59 Å². The molecule has 0 N–H and O–H groups in total. The second-order valence-electron chi connectivity index (χ2n) is 9.36. The summed E-state index contributed by atoms with van der Waals surface area (Å²) in [7, 11) is 0. The zero-order chi connectivity index (χ0) is 23.0. The number of carbonyl (C=O) groups excluding carboxylic acids is 2. The number of rotatable bonds is 5. The monoisotopic (exact) mass is 458 g/mol. The van der Waals surface area contributed by atoms with E-state index >= 15 is 0 Å². The molecular weight excluding hydrogens is 436 g/mol. The Bertz CT molecular complexity index is 1250. The number of fused-ring (bicyclic) bond motifs is 9. The number of oxime groups is 1.